The predicted molar refractivity (Wildman–Crippen MR) is 61.6 cm³/mol. The molecule has 0 aromatic carbocycles. The fourth-order valence-electron chi connectivity index (χ4n) is 1.50. The zero-order valence-corrected chi connectivity index (χ0v) is 10.3. The van der Waals surface area contributed by atoms with Crippen molar-refractivity contribution in [2.45, 2.75) is 12.6 Å². The number of rotatable bonds is 2. The quantitative estimate of drug-likeness (QED) is 0.695. The third-order valence-electron chi connectivity index (χ3n) is 2.49. The van der Waals surface area contributed by atoms with Crippen LogP contribution in [0, 0.1) is 0 Å². The normalized spacial score (nSPS) is 15.8. The van der Waals surface area contributed by atoms with E-state index in [1.165, 1.54) is 11.1 Å². The number of carbonyl (C=O) groups is 1. The summed E-state index contributed by atoms with van der Waals surface area (Å²) in [4.78, 5) is 37.6. The second kappa shape index (κ2) is 4.46. The highest BCUT2D eigenvalue weighted by molar-refractivity contribution is 9.10. The number of aromatic nitrogens is 2. The first-order valence-electron chi connectivity index (χ1n) is 4.92. The molecule has 1 aromatic rings. The molecule has 1 aromatic heterocycles. The van der Waals surface area contributed by atoms with Gasteiger partial charge in [0.1, 0.15) is 6.54 Å². The number of halogens is 1. The number of aliphatic hydroxyl groups is 1. The fourth-order valence-corrected chi connectivity index (χ4v) is 1.85. The molecule has 0 radical (unpaired) electrons. The molecule has 0 saturated carbocycles. The van der Waals surface area contributed by atoms with Crippen LogP contribution in [0.15, 0.2) is 20.3 Å². The third kappa shape index (κ3) is 2.47. The van der Waals surface area contributed by atoms with Crippen molar-refractivity contribution in [3.8, 4) is 0 Å². The summed E-state index contributed by atoms with van der Waals surface area (Å²) in [5.41, 5.74) is -1.16. The molecule has 17 heavy (non-hydrogen) atoms. The molecule has 2 rings (SSSR count). The van der Waals surface area contributed by atoms with Crippen molar-refractivity contribution in [2.75, 3.05) is 13.1 Å². The standard InChI is InChI=1S/C9H10BrN3O4/c10-6-3-13(9(17)11-8(6)16)4-7(15)12-1-5(14)2-12/h3,5,14H,1-2,4H2,(H,11,16,17). The van der Waals surface area contributed by atoms with Crippen LogP contribution in [0.25, 0.3) is 0 Å². The zero-order chi connectivity index (χ0) is 12.6. The average Bonchev–Trinajstić information content (AvgIpc) is 2.21. The maximum Gasteiger partial charge on any atom is 0.328 e. The molecule has 0 atom stereocenters. The Labute approximate surface area is 104 Å². The van der Waals surface area contributed by atoms with E-state index in [1.54, 1.807) is 0 Å². The maximum absolute atomic E-state index is 11.6. The van der Waals surface area contributed by atoms with Gasteiger partial charge in [-0.15, -0.1) is 0 Å². The van der Waals surface area contributed by atoms with E-state index >= 15 is 0 Å². The van der Waals surface area contributed by atoms with Gasteiger partial charge < -0.3 is 10.0 Å². The Morgan fingerprint density at radius 1 is 1.53 bits per heavy atom. The molecule has 2 heterocycles. The van der Waals surface area contributed by atoms with Crippen LogP contribution >= 0.6 is 15.9 Å². The molecule has 2 N–H and O–H groups in total. The molecule has 92 valence electrons. The van der Waals surface area contributed by atoms with E-state index in [2.05, 4.69) is 20.9 Å². The predicted octanol–water partition coefficient (Wildman–Crippen LogP) is -1.50. The van der Waals surface area contributed by atoms with Crippen LogP contribution in [0.5, 0.6) is 0 Å². The average molecular weight is 304 g/mol. The Balaban J connectivity index is 2.14. The first-order valence-corrected chi connectivity index (χ1v) is 5.72. The minimum Gasteiger partial charge on any atom is -0.389 e. The fraction of sp³-hybridized carbons (Fsp3) is 0.444. The molecule has 1 aliphatic rings. The molecule has 1 fully saturated rings. The molecule has 0 aliphatic carbocycles. The van der Waals surface area contributed by atoms with E-state index < -0.39 is 17.4 Å². The van der Waals surface area contributed by atoms with Crippen molar-refractivity contribution in [1.29, 1.82) is 0 Å². The molecule has 1 amide bonds. The maximum atomic E-state index is 11.6. The number of likely N-dealkylation sites (tertiary alicyclic amines) is 1. The molecule has 0 bridgehead atoms. The first kappa shape index (κ1) is 12.1. The molecule has 8 heteroatoms. The number of amides is 1. The van der Waals surface area contributed by atoms with Crippen molar-refractivity contribution in [1.82, 2.24) is 14.5 Å². The van der Waals surface area contributed by atoms with Crippen LogP contribution < -0.4 is 11.2 Å². The lowest BCUT2D eigenvalue weighted by atomic mass is 10.2. The number of carbonyl (C=O) groups excluding carboxylic acids is 1. The summed E-state index contributed by atoms with van der Waals surface area (Å²) in [5, 5.41) is 9.05. The minimum absolute atomic E-state index is 0.152. The van der Waals surface area contributed by atoms with Gasteiger partial charge in [-0.05, 0) is 15.9 Å². The van der Waals surface area contributed by atoms with Crippen LogP contribution in [0.2, 0.25) is 0 Å². The number of nitrogens with zero attached hydrogens (tertiary/aromatic N) is 2. The van der Waals surface area contributed by atoms with Crippen LogP contribution in [-0.4, -0.2) is 44.7 Å². The summed E-state index contributed by atoms with van der Waals surface area (Å²) in [7, 11) is 0. The Morgan fingerprint density at radius 3 is 2.76 bits per heavy atom. The van der Waals surface area contributed by atoms with Gasteiger partial charge in [-0.1, -0.05) is 0 Å². The summed E-state index contributed by atoms with van der Waals surface area (Å²) in [6, 6.07) is 0. The third-order valence-corrected chi connectivity index (χ3v) is 3.05. The van der Waals surface area contributed by atoms with Crippen LogP contribution in [0.3, 0.4) is 0 Å². The molecular weight excluding hydrogens is 294 g/mol. The molecule has 1 aliphatic heterocycles. The van der Waals surface area contributed by atoms with Crippen molar-refractivity contribution < 1.29 is 9.90 Å². The van der Waals surface area contributed by atoms with Crippen LogP contribution in [0.1, 0.15) is 0 Å². The summed E-state index contributed by atoms with van der Waals surface area (Å²) in [5.74, 6) is -0.267. The van der Waals surface area contributed by atoms with Gasteiger partial charge in [0.2, 0.25) is 5.91 Å². The lowest BCUT2D eigenvalue weighted by Gasteiger charge is -2.35. The van der Waals surface area contributed by atoms with Gasteiger partial charge in [-0.3, -0.25) is 19.1 Å². The Morgan fingerprint density at radius 2 is 2.18 bits per heavy atom. The van der Waals surface area contributed by atoms with Crippen molar-refractivity contribution in [3.05, 3.63) is 31.5 Å². The Kier molecular flexibility index (Phi) is 3.16. The lowest BCUT2D eigenvalue weighted by Crippen LogP contribution is -2.54. The van der Waals surface area contributed by atoms with Gasteiger partial charge in [0.25, 0.3) is 5.56 Å². The highest BCUT2D eigenvalue weighted by atomic mass is 79.9. The van der Waals surface area contributed by atoms with Crippen molar-refractivity contribution >= 4 is 21.8 Å². The van der Waals surface area contributed by atoms with Crippen LogP contribution in [0.4, 0.5) is 0 Å². The van der Waals surface area contributed by atoms with Crippen molar-refractivity contribution in [3.63, 3.8) is 0 Å². The first-order chi connectivity index (χ1) is 7.97. The van der Waals surface area contributed by atoms with Gasteiger partial charge in [0.15, 0.2) is 0 Å². The SMILES string of the molecule is O=C(Cn1cc(Br)c(=O)[nH]c1=O)N1CC(O)C1. The Bertz CT molecular complexity index is 558. The summed E-state index contributed by atoms with van der Waals surface area (Å²) in [6.07, 6.45) is 0.799. The van der Waals surface area contributed by atoms with E-state index in [1.807, 2.05) is 0 Å². The van der Waals surface area contributed by atoms with E-state index in [0.29, 0.717) is 0 Å². The van der Waals surface area contributed by atoms with E-state index in [-0.39, 0.29) is 30.0 Å². The molecule has 0 unspecified atom stereocenters. The second-order valence-corrected chi connectivity index (χ2v) is 4.67. The number of aliphatic hydroxyl groups excluding tert-OH is 1. The zero-order valence-electron chi connectivity index (χ0n) is 8.72. The van der Waals surface area contributed by atoms with Gasteiger partial charge in [0.05, 0.1) is 10.6 Å². The molecule has 7 nitrogen and oxygen atoms in total. The Hall–Kier alpha value is -1.41. The summed E-state index contributed by atoms with van der Waals surface area (Å²) < 4.78 is 1.30. The number of β-amino-alcohol motifs (C(OH)–C–C–N with tert-alkyl or cyclic N) is 1. The summed E-state index contributed by atoms with van der Waals surface area (Å²) in [6.45, 7) is 0.428. The van der Waals surface area contributed by atoms with Crippen molar-refractivity contribution in [2.24, 2.45) is 0 Å². The van der Waals surface area contributed by atoms with E-state index in [4.69, 9.17) is 5.11 Å². The highest BCUT2D eigenvalue weighted by Crippen LogP contribution is 2.08. The van der Waals surface area contributed by atoms with E-state index in [0.717, 1.165) is 4.57 Å². The number of aromatic amines is 1. The van der Waals surface area contributed by atoms with Gasteiger partial charge in [0, 0.05) is 19.3 Å². The highest BCUT2D eigenvalue weighted by Gasteiger charge is 2.28. The number of hydrogen-bond acceptors (Lipinski definition) is 4. The van der Waals surface area contributed by atoms with E-state index in [9.17, 15) is 14.4 Å². The minimum atomic E-state index is -0.632. The second-order valence-electron chi connectivity index (χ2n) is 3.82. The van der Waals surface area contributed by atoms with Gasteiger partial charge in [-0.2, -0.15) is 0 Å². The largest absolute Gasteiger partial charge is 0.389 e. The number of hydrogen-bond donors (Lipinski definition) is 2. The van der Waals surface area contributed by atoms with Gasteiger partial charge >= 0.3 is 5.69 Å². The molecular formula is C9H10BrN3O4. The number of H-pyrrole nitrogens is 1. The summed E-state index contributed by atoms with van der Waals surface area (Å²) >= 11 is 2.98. The van der Waals surface area contributed by atoms with Crippen LogP contribution in [-0.2, 0) is 11.3 Å². The number of nitrogens with one attached hydrogen (secondary N) is 1. The smallest absolute Gasteiger partial charge is 0.328 e. The topological polar surface area (TPSA) is 95.4 Å². The monoisotopic (exact) mass is 303 g/mol. The molecule has 0 spiro atoms. The molecule has 1 saturated heterocycles. The van der Waals surface area contributed by atoms with Gasteiger partial charge in [-0.25, -0.2) is 4.79 Å². The lowest BCUT2D eigenvalue weighted by molar-refractivity contribution is -0.141.